The van der Waals surface area contributed by atoms with Gasteiger partial charge in [-0.1, -0.05) is 89.2 Å². The molecule has 32 heavy (non-hydrogen) atoms. The Hall–Kier alpha value is -2.08. The Morgan fingerprint density at radius 3 is 2.28 bits per heavy atom. The first-order valence-corrected chi connectivity index (χ1v) is 12.9. The molecule has 2 unspecified atom stereocenters. The summed E-state index contributed by atoms with van der Waals surface area (Å²) < 4.78 is 0. The minimum Gasteiger partial charge on any atom is -0.0839 e. The highest BCUT2D eigenvalue weighted by Gasteiger charge is 2.45. The van der Waals surface area contributed by atoms with Crippen molar-refractivity contribution in [1.82, 2.24) is 0 Å². The molecule has 4 aliphatic carbocycles. The summed E-state index contributed by atoms with van der Waals surface area (Å²) in [5, 5.41) is 0. The van der Waals surface area contributed by atoms with Crippen molar-refractivity contribution in [3.63, 3.8) is 0 Å². The fourth-order valence-corrected chi connectivity index (χ4v) is 6.97. The third-order valence-electron chi connectivity index (χ3n) is 9.35. The van der Waals surface area contributed by atoms with E-state index in [1.54, 1.807) is 39.0 Å². The predicted octanol–water partition coefficient (Wildman–Crippen LogP) is 8.26. The first kappa shape index (κ1) is 21.7. The minimum absolute atomic E-state index is 0.268. The molecule has 0 heterocycles. The minimum atomic E-state index is 0.268. The van der Waals surface area contributed by atoms with E-state index in [1.165, 1.54) is 44.9 Å². The normalized spacial score (nSPS) is 26.0. The summed E-state index contributed by atoms with van der Waals surface area (Å²) in [5.74, 6) is 1.46. The quantitative estimate of drug-likeness (QED) is 0.399. The molecular formula is C32H40. The molecule has 2 aromatic rings. The Balaban J connectivity index is 0.000000199. The van der Waals surface area contributed by atoms with Gasteiger partial charge < -0.3 is 0 Å². The molecule has 0 aliphatic heterocycles. The van der Waals surface area contributed by atoms with Gasteiger partial charge in [-0.25, -0.2) is 0 Å². The molecule has 2 atom stereocenters. The summed E-state index contributed by atoms with van der Waals surface area (Å²) in [5.41, 5.74) is 11.9. The molecule has 0 radical (unpaired) electrons. The van der Waals surface area contributed by atoms with Gasteiger partial charge in [0.25, 0.3) is 0 Å². The molecule has 168 valence electrons. The lowest BCUT2D eigenvalue weighted by Crippen LogP contribution is -2.44. The number of benzene rings is 2. The number of allylic oxidation sites excluding steroid dienone is 4. The van der Waals surface area contributed by atoms with E-state index in [0.717, 1.165) is 5.92 Å². The van der Waals surface area contributed by atoms with Crippen LogP contribution in [0.5, 0.6) is 0 Å². The lowest BCUT2D eigenvalue weighted by molar-refractivity contribution is 0.125. The number of hydrogen-bond acceptors (Lipinski definition) is 0. The molecule has 0 saturated carbocycles. The zero-order valence-corrected chi connectivity index (χ0v) is 20.8. The van der Waals surface area contributed by atoms with E-state index in [9.17, 15) is 0 Å². The van der Waals surface area contributed by atoms with Crippen molar-refractivity contribution >= 4 is 5.57 Å². The SMILES string of the molecule is CC1C(C)(C)Cc2c(ccc3c2CCC2CC=CC=C32)C1(C)C.c1ccc2c(c1)CCC2. The van der Waals surface area contributed by atoms with Crippen molar-refractivity contribution in [2.24, 2.45) is 17.3 Å². The molecule has 6 rings (SSSR count). The molecule has 0 saturated heterocycles. The first-order chi connectivity index (χ1) is 15.3. The number of hydrogen-bond donors (Lipinski definition) is 0. The Morgan fingerprint density at radius 1 is 0.844 bits per heavy atom. The number of aryl methyl sites for hydroxylation is 2. The Bertz CT molecular complexity index is 1050. The highest BCUT2D eigenvalue weighted by atomic mass is 14.5. The standard InChI is InChI=1S/C23H30.C9H10/c1-15-22(2,3)14-20-19-11-10-16-8-6-7-9-17(16)18(19)12-13-21(20)23(15,4)5;1-2-5-9-7-3-6-8(9)4-1/h6-7,9,12-13,15-16H,8,10-11,14H2,1-5H3;1-2,4-5H,3,6-7H2. The van der Waals surface area contributed by atoms with Crippen LogP contribution in [-0.2, 0) is 31.1 Å². The fraction of sp³-hybridized carbons (Fsp3) is 0.500. The monoisotopic (exact) mass is 424 g/mol. The zero-order chi connectivity index (χ0) is 22.5. The fourth-order valence-electron chi connectivity index (χ4n) is 6.97. The average Bonchev–Trinajstić information content (AvgIpc) is 3.27. The predicted molar refractivity (Wildman–Crippen MR) is 138 cm³/mol. The van der Waals surface area contributed by atoms with Crippen LogP contribution >= 0.6 is 0 Å². The van der Waals surface area contributed by atoms with Crippen molar-refractivity contribution < 1.29 is 0 Å². The molecule has 0 amide bonds. The van der Waals surface area contributed by atoms with E-state index in [2.05, 4.69) is 89.2 Å². The van der Waals surface area contributed by atoms with Crippen molar-refractivity contribution in [3.8, 4) is 0 Å². The summed E-state index contributed by atoms with van der Waals surface area (Å²) in [6, 6.07) is 13.6. The van der Waals surface area contributed by atoms with E-state index in [4.69, 9.17) is 0 Å². The first-order valence-electron chi connectivity index (χ1n) is 12.9. The zero-order valence-electron chi connectivity index (χ0n) is 20.8. The molecule has 0 fully saturated rings. The molecule has 0 N–H and O–H groups in total. The maximum absolute atomic E-state index is 2.47. The van der Waals surface area contributed by atoms with Crippen LogP contribution in [0.1, 0.15) is 87.3 Å². The van der Waals surface area contributed by atoms with Crippen LogP contribution in [0.15, 0.2) is 54.6 Å². The van der Waals surface area contributed by atoms with Gasteiger partial charge in [0.15, 0.2) is 0 Å². The summed E-state index contributed by atoms with van der Waals surface area (Å²) in [7, 11) is 0. The van der Waals surface area contributed by atoms with Gasteiger partial charge in [0, 0.05) is 0 Å². The summed E-state index contributed by atoms with van der Waals surface area (Å²) >= 11 is 0. The second-order valence-corrected chi connectivity index (χ2v) is 11.9. The van der Waals surface area contributed by atoms with Crippen LogP contribution < -0.4 is 0 Å². The topological polar surface area (TPSA) is 0 Å². The van der Waals surface area contributed by atoms with E-state index in [-0.39, 0.29) is 5.41 Å². The van der Waals surface area contributed by atoms with E-state index in [1.807, 2.05) is 0 Å². The molecule has 0 heteroatoms. The van der Waals surface area contributed by atoms with Crippen LogP contribution in [0.4, 0.5) is 0 Å². The van der Waals surface area contributed by atoms with Crippen LogP contribution in [-0.4, -0.2) is 0 Å². The van der Waals surface area contributed by atoms with Gasteiger partial charge in [-0.05, 0) is 107 Å². The van der Waals surface area contributed by atoms with E-state index in [0.29, 0.717) is 11.3 Å². The van der Waals surface area contributed by atoms with Gasteiger partial charge in [0.1, 0.15) is 0 Å². The number of rotatable bonds is 0. The second-order valence-electron chi connectivity index (χ2n) is 11.9. The Morgan fingerprint density at radius 2 is 1.56 bits per heavy atom. The molecule has 2 aromatic carbocycles. The van der Waals surface area contributed by atoms with Crippen molar-refractivity contribution in [1.29, 1.82) is 0 Å². The van der Waals surface area contributed by atoms with Gasteiger partial charge in [0.05, 0.1) is 0 Å². The molecular weight excluding hydrogens is 384 g/mol. The van der Waals surface area contributed by atoms with Gasteiger partial charge >= 0.3 is 0 Å². The molecule has 0 spiro atoms. The molecule has 4 aliphatic rings. The molecule has 0 bridgehead atoms. The highest BCUT2D eigenvalue weighted by Crippen LogP contribution is 2.53. The summed E-state index contributed by atoms with van der Waals surface area (Å²) in [6.45, 7) is 12.3. The van der Waals surface area contributed by atoms with Crippen molar-refractivity contribution in [2.75, 3.05) is 0 Å². The van der Waals surface area contributed by atoms with Crippen LogP contribution in [0, 0.1) is 17.3 Å². The number of fused-ring (bicyclic) bond motifs is 6. The van der Waals surface area contributed by atoms with Gasteiger partial charge in [-0.2, -0.15) is 0 Å². The third kappa shape index (κ3) is 3.60. The smallest absolute Gasteiger partial charge is 0.00699 e. The summed E-state index contributed by atoms with van der Waals surface area (Å²) in [6.07, 6.45) is 16.0. The lowest BCUT2D eigenvalue weighted by atomic mass is 9.54. The van der Waals surface area contributed by atoms with Crippen molar-refractivity contribution in [2.45, 2.75) is 85.0 Å². The van der Waals surface area contributed by atoms with Gasteiger partial charge in [0.2, 0.25) is 0 Å². The van der Waals surface area contributed by atoms with Crippen LogP contribution in [0.2, 0.25) is 0 Å². The van der Waals surface area contributed by atoms with Crippen LogP contribution in [0.3, 0.4) is 0 Å². The lowest BCUT2D eigenvalue weighted by Gasteiger charge is -2.50. The Labute approximate surface area is 195 Å². The average molecular weight is 425 g/mol. The van der Waals surface area contributed by atoms with Crippen LogP contribution in [0.25, 0.3) is 5.57 Å². The third-order valence-corrected chi connectivity index (χ3v) is 9.35. The highest BCUT2D eigenvalue weighted by molar-refractivity contribution is 5.76. The maximum atomic E-state index is 2.47. The van der Waals surface area contributed by atoms with E-state index < -0.39 is 0 Å². The summed E-state index contributed by atoms with van der Waals surface area (Å²) in [4.78, 5) is 0. The van der Waals surface area contributed by atoms with Crippen molar-refractivity contribution in [3.05, 3.63) is 88.0 Å². The second kappa shape index (κ2) is 8.05. The van der Waals surface area contributed by atoms with Gasteiger partial charge in [-0.3, -0.25) is 0 Å². The molecule has 0 nitrogen and oxygen atoms in total. The largest absolute Gasteiger partial charge is 0.0839 e. The van der Waals surface area contributed by atoms with E-state index >= 15 is 0 Å². The Kier molecular flexibility index (Phi) is 5.47. The maximum Gasteiger partial charge on any atom is -0.00699 e. The molecule has 0 aromatic heterocycles. The van der Waals surface area contributed by atoms with Gasteiger partial charge in [-0.15, -0.1) is 0 Å².